The van der Waals surface area contributed by atoms with E-state index in [9.17, 15) is 4.79 Å². The fraction of sp³-hybridized carbons (Fsp3) is 0.261. The van der Waals surface area contributed by atoms with E-state index in [2.05, 4.69) is 21.2 Å². The molecule has 0 spiro atoms. The summed E-state index contributed by atoms with van der Waals surface area (Å²) in [5, 5.41) is 5.30. The van der Waals surface area contributed by atoms with E-state index in [1.165, 1.54) is 0 Å². The quantitative estimate of drug-likeness (QED) is 0.513. The first-order valence-electron chi connectivity index (χ1n) is 10.1. The molecule has 0 radical (unpaired) electrons. The van der Waals surface area contributed by atoms with Gasteiger partial charge in [0, 0.05) is 47.7 Å². The minimum absolute atomic E-state index is 0.0141. The number of rotatable bonds is 6. The van der Waals surface area contributed by atoms with Gasteiger partial charge in [0.05, 0.1) is 20.6 Å². The van der Waals surface area contributed by atoms with Crippen LogP contribution < -0.4 is 14.4 Å². The number of fused-ring (bicyclic) bond motifs is 1. The highest BCUT2D eigenvalue weighted by molar-refractivity contribution is 5.96. The van der Waals surface area contributed by atoms with Crippen LogP contribution in [0.25, 0.3) is 10.9 Å². The Hall–Kier alpha value is -3.81. The number of para-hydroxylation sites is 1. The van der Waals surface area contributed by atoms with E-state index in [0.29, 0.717) is 42.6 Å². The third kappa shape index (κ3) is 3.50. The fourth-order valence-electron chi connectivity index (χ4n) is 4.07. The molecule has 8 heteroatoms. The van der Waals surface area contributed by atoms with Crippen LogP contribution in [0.2, 0.25) is 0 Å². The highest BCUT2D eigenvalue weighted by atomic mass is 16.5. The summed E-state index contributed by atoms with van der Waals surface area (Å²) in [7, 11) is 3.16. The zero-order valence-electron chi connectivity index (χ0n) is 17.3. The van der Waals surface area contributed by atoms with Crippen LogP contribution >= 0.6 is 0 Å². The van der Waals surface area contributed by atoms with Gasteiger partial charge in [0.15, 0.2) is 17.3 Å². The summed E-state index contributed by atoms with van der Waals surface area (Å²) in [6.07, 6.45) is 2.84. The Morgan fingerprint density at radius 3 is 2.84 bits per heavy atom. The van der Waals surface area contributed by atoms with Crippen LogP contribution in [0.3, 0.4) is 0 Å². The molecule has 31 heavy (non-hydrogen) atoms. The molecule has 1 unspecified atom stereocenters. The second-order valence-electron chi connectivity index (χ2n) is 7.53. The number of anilines is 1. The molecule has 0 bridgehead atoms. The maximum Gasteiger partial charge on any atom is 0.231 e. The molecule has 0 aliphatic carbocycles. The molecule has 5 rings (SSSR count). The lowest BCUT2D eigenvalue weighted by Crippen LogP contribution is -2.24. The number of amides is 1. The summed E-state index contributed by atoms with van der Waals surface area (Å²) >= 11 is 0. The molecule has 1 aliphatic rings. The Morgan fingerprint density at radius 1 is 1.16 bits per heavy atom. The average molecular weight is 418 g/mol. The van der Waals surface area contributed by atoms with Gasteiger partial charge in [-0.2, -0.15) is 4.98 Å². The maximum atomic E-state index is 12.7. The van der Waals surface area contributed by atoms with Gasteiger partial charge in [0.2, 0.25) is 11.8 Å². The minimum Gasteiger partial charge on any atom is -0.493 e. The molecule has 2 aromatic heterocycles. The molecule has 2 aromatic carbocycles. The normalized spacial score (nSPS) is 16.3. The van der Waals surface area contributed by atoms with E-state index in [-0.39, 0.29) is 11.8 Å². The number of carbonyl (C=O) groups is 1. The summed E-state index contributed by atoms with van der Waals surface area (Å²) in [5.74, 6) is 2.19. The number of nitrogens with one attached hydrogen (secondary N) is 1. The summed E-state index contributed by atoms with van der Waals surface area (Å²) in [4.78, 5) is 22.2. The zero-order valence-corrected chi connectivity index (χ0v) is 17.3. The number of methoxy groups -OCH3 is 2. The number of benzene rings is 2. The number of aromatic nitrogens is 3. The lowest BCUT2D eigenvalue weighted by Gasteiger charge is -2.18. The number of hydrogen-bond acceptors (Lipinski definition) is 6. The molecule has 158 valence electrons. The zero-order chi connectivity index (χ0) is 21.4. The number of H-pyrrole nitrogens is 1. The van der Waals surface area contributed by atoms with Crippen LogP contribution in [-0.2, 0) is 11.2 Å². The molecule has 1 saturated heterocycles. The van der Waals surface area contributed by atoms with Gasteiger partial charge in [0.1, 0.15) is 0 Å². The van der Waals surface area contributed by atoms with Gasteiger partial charge in [-0.3, -0.25) is 4.79 Å². The predicted molar refractivity (Wildman–Crippen MR) is 115 cm³/mol. The van der Waals surface area contributed by atoms with Crippen molar-refractivity contribution in [3.8, 4) is 11.5 Å². The molecule has 1 atom stereocenters. The molecule has 4 aromatic rings. The summed E-state index contributed by atoms with van der Waals surface area (Å²) in [5.41, 5.74) is 2.93. The van der Waals surface area contributed by atoms with Crippen molar-refractivity contribution in [2.75, 3.05) is 25.7 Å². The molecule has 8 nitrogen and oxygen atoms in total. The monoisotopic (exact) mass is 418 g/mol. The van der Waals surface area contributed by atoms with Gasteiger partial charge in [-0.05, 0) is 23.8 Å². The van der Waals surface area contributed by atoms with E-state index in [1.54, 1.807) is 31.3 Å². The van der Waals surface area contributed by atoms with Crippen molar-refractivity contribution in [1.82, 2.24) is 15.1 Å². The molecule has 0 saturated carbocycles. The van der Waals surface area contributed by atoms with Gasteiger partial charge < -0.3 is 23.9 Å². The Morgan fingerprint density at radius 2 is 2.00 bits per heavy atom. The smallest absolute Gasteiger partial charge is 0.231 e. The molecule has 1 aliphatic heterocycles. The van der Waals surface area contributed by atoms with Gasteiger partial charge >= 0.3 is 0 Å². The number of hydrogen-bond donors (Lipinski definition) is 1. The van der Waals surface area contributed by atoms with E-state index < -0.39 is 0 Å². The van der Waals surface area contributed by atoms with Crippen LogP contribution in [0.1, 0.15) is 29.6 Å². The Labute approximate surface area is 178 Å². The Kier molecular flexibility index (Phi) is 4.82. The Bertz CT molecular complexity index is 1250. The van der Waals surface area contributed by atoms with Crippen molar-refractivity contribution in [3.63, 3.8) is 0 Å². The van der Waals surface area contributed by atoms with Crippen molar-refractivity contribution in [3.05, 3.63) is 65.9 Å². The van der Waals surface area contributed by atoms with Crippen LogP contribution in [0.4, 0.5) is 5.69 Å². The van der Waals surface area contributed by atoms with Crippen LogP contribution in [0.5, 0.6) is 11.5 Å². The van der Waals surface area contributed by atoms with Gasteiger partial charge in [-0.1, -0.05) is 23.4 Å². The predicted octanol–water partition coefficient (Wildman–Crippen LogP) is 3.68. The van der Waals surface area contributed by atoms with Gasteiger partial charge in [0.25, 0.3) is 0 Å². The van der Waals surface area contributed by atoms with Gasteiger partial charge in [-0.15, -0.1) is 0 Å². The number of ether oxygens (including phenoxy) is 2. The molecule has 1 amide bonds. The molecule has 1 fully saturated rings. The van der Waals surface area contributed by atoms with Crippen LogP contribution in [0.15, 0.2) is 53.2 Å². The number of nitrogens with zero attached hydrogens (tertiary/aromatic N) is 3. The van der Waals surface area contributed by atoms with E-state index >= 15 is 0 Å². The summed E-state index contributed by atoms with van der Waals surface area (Å²) in [6, 6.07) is 13.5. The first-order chi connectivity index (χ1) is 15.2. The lowest BCUT2D eigenvalue weighted by atomic mass is 10.1. The first kappa shape index (κ1) is 19.2. The standard InChI is InChI=1S/C23H22N4O4/c1-29-19-8-7-16(11-20(19)30-2)27-13-15(10-22(27)28)23-25-21(31-26-23)9-14-12-24-18-6-4-3-5-17(14)18/h3-8,11-12,15,24H,9-10,13H2,1-2H3. The topological polar surface area (TPSA) is 93.5 Å². The highest BCUT2D eigenvalue weighted by Gasteiger charge is 2.35. The van der Waals surface area contributed by atoms with Crippen LogP contribution in [0, 0.1) is 0 Å². The molecule has 3 heterocycles. The van der Waals surface area contributed by atoms with E-state index in [1.807, 2.05) is 30.5 Å². The average Bonchev–Trinajstić information content (AvgIpc) is 3.52. The van der Waals surface area contributed by atoms with Crippen molar-refractivity contribution in [2.24, 2.45) is 0 Å². The van der Waals surface area contributed by atoms with Gasteiger partial charge in [-0.25, -0.2) is 0 Å². The SMILES string of the molecule is COc1ccc(N2CC(c3noc(Cc4c[nH]c5ccccc45)n3)CC2=O)cc1OC. The largest absolute Gasteiger partial charge is 0.493 e. The van der Waals surface area contributed by atoms with Crippen molar-refractivity contribution >= 4 is 22.5 Å². The second-order valence-corrected chi connectivity index (χ2v) is 7.53. The fourth-order valence-corrected chi connectivity index (χ4v) is 4.07. The van der Waals surface area contributed by atoms with Crippen molar-refractivity contribution < 1.29 is 18.8 Å². The second kappa shape index (κ2) is 7.79. The first-order valence-corrected chi connectivity index (χ1v) is 10.1. The molecule has 1 N–H and O–H groups in total. The Balaban J connectivity index is 1.33. The van der Waals surface area contributed by atoms with Crippen LogP contribution in [-0.4, -0.2) is 41.8 Å². The molecular formula is C23H22N4O4. The summed E-state index contributed by atoms with van der Waals surface area (Å²) < 4.78 is 16.1. The summed E-state index contributed by atoms with van der Waals surface area (Å²) in [6.45, 7) is 0.486. The highest BCUT2D eigenvalue weighted by Crippen LogP contribution is 2.36. The number of carbonyl (C=O) groups excluding carboxylic acids is 1. The van der Waals surface area contributed by atoms with Crippen molar-refractivity contribution in [1.29, 1.82) is 0 Å². The molecular weight excluding hydrogens is 396 g/mol. The lowest BCUT2D eigenvalue weighted by molar-refractivity contribution is -0.117. The van der Waals surface area contributed by atoms with Crippen molar-refractivity contribution in [2.45, 2.75) is 18.8 Å². The van der Waals surface area contributed by atoms with E-state index in [4.69, 9.17) is 14.0 Å². The number of aromatic amines is 1. The third-order valence-corrected chi connectivity index (χ3v) is 5.67. The maximum absolute atomic E-state index is 12.7. The minimum atomic E-state index is -0.124. The van der Waals surface area contributed by atoms with E-state index in [0.717, 1.165) is 22.2 Å². The third-order valence-electron chi connectivity index (χ3n) is 5.67.